The molecule has 1 saturated heterocycles. The van der Waals surface area contributed by atoms with Gasteiger partial charge in [0, 0.05) is 5.41 Å². The number of carbonyl (C=O) groups is 4. The minimum Gasteiger partial charge on any atom is -0.480 e. The van der Waals surface area contributed by atoms with Crippen LogP contribution in [0.15, 0.2) is 0 Å². The molecular formula is C16H25NO7S2. The van der Waals surface area contributed by atoms with Crippen molar-refractivity contribution >= 4 is 49.1 Å². The highest BCUT2D eigenvalue weighted by Crippen LogP contribution is 2.43. The highest BCUT2D eigenvalue weighted by atomic mass is 32.1. The Morgan fingerprint density at radius 3 is 2.12 bits per heavy atom. The number of carboxylic acid groups (broad SMARTS) is 1. The van der Waals surface area contributed by atoms with Crippen LogP contribution in [0, 0.1) is 5.41 Å². The summed E-state index contributed by atoms with van der Waals surface area (Å²) in [7, 11) is 1.15. The number of nitrogens with zero attached hydrogens (tertiary/aromatic N) is 1. The van der Waals surface area contributed by atoms with Crippen LogP contribution in [0.1, 0.15) is 33.6 Å². The molecule has 0 aromatic carbocycles. The Hall–Kier alpha value is -1.42. The number of likely N-dealkylation sites (tertiary alicyclic amines) is 1. The van der Waals surface area contributed by atoms with E-state index in [-0.39, 0.29) is 17.9 Å². The highest BCUT2D eigenvalue weighted by Gasteiger charge is 2.58. The smallest absolute Gasteiger partial charge is 0.328 e. The molecule has 1 amide bonds. The van der Waals surface area contributed by atoms with Crippen molar-refractivity contribution in [3.8, 4) is 0 Å². The first-order chi connectivity index (χ1) is 11.9. The first-order valence-electron chi connectivity index (χ1n) is 7.98. The largest absolute Gasteiger partial charge is 0.480 e. The molecule has 0 aliphatic carbocycles. The number of thiol groups is 2. The fourth-order valence-corrected chi connectivity index (χ4v) is 4.05. The zero-order valence-electron chi connectivity index (χ0n) is 15.2. The quantitative estimate of drug-likeness (QED) is 0.339. The maximum Gasteiger partial charge on any atom is 0.328 e. The fourth-order valence-electron chi connectivity index (χ4n) is 3.05. The Balaban J connectivity index is 3.22. The molecular weight excluding hydrogens is 382 g/mol. The van der Waals surface area contributed by atoms with Crippen molar-refractivity contribution in [3.63, 3.8) is 0 Å². The molecule has 2 atom stereocenters. The Morgan fingerprint density at radius 1 is 1.19 bits per heavy atom. The number of amides is 1. The van der Waals surface area contributed by atoms with Gasteiger partial charge in [-0.25, -0.2) is 9.59 Å². The summed E-state index contributed by atoms with van der Waals surface area (Å²) in [6.45, 7) is 4.94. The van der Waals surface area contributed by atoms with Gasteiger partial charge >= 0.3 is 17.9 Å². The number of esters is 2. The molecule has 0 spiro atoms. The lowest BCUT2D eigenvalue weighted by Crippen LogP contribution is -2.53. The summed E-state index contributed by atoms with van der Waals surface area (Å²) in [5.41, 5.74) is -1.82. The second-order valence-electron chi connectivity index (χ2n) is 7.23. The number of methoxy groups -OCH3 is 1. The maximum atomic E-state index is 12.7. The molecule has 1 heterocycles. The number of carboxylic acids is 1. The molecule has 0 radical (unpaired) electrons. The van der Waals surface area contributed by atoms with Gasteiger partial charge in [-0.1, -0.05) is 0 Å². The Morgan fingerprint density at radius 2 is 1.73 bits per heavy atom. The molecule has 26 heavy (non-hydrogen) atoms. The van der Waals surface area contributed by atoms with E-state index in [9.17, 15) is 24.3 Å². The molecule has 10 heteroatoms. The topological polar surface area (TPSA) is 110 Å². The van der Waals surface area contributed by atoms with Crippen LogP contribution in [0.25, 0.3) is 0 Å². The minimum atomic E-state index is -1.35. The van der Waals surface area contributed by atoms with Crippen LogP contribution in [0.2, 0.25) is 0 Å². The first-order valence-corrected chi connectivity index (χ1v) is 9.24. The monoisotopic (exact) mass is 407 g/mol. The lowest BCUT2D eigenvalue weighted by molar-refractivity contribution is -0.164. The van der Waals surface area contributed by atoms with Crippen molar-refractivity contribution < 1.29 is 33.8 Å². The van der Waals surface area contributed by atoms with Gasteiger partial charge in [0.25, 0.3) is 0 Å². The van der Waals surface area contributed by atoms with Crippen molar-refractivity contribution in [2.24, 2.45) is 5.41 Å². The van der Waals surface area contributed by atoms with E-state index in [4.69, 9.17) is 9.47 Å². The summed E-state index contributed by atoms with van der Waals surface area (Å²) in [5.74, 6) is -3.47. The molecule has 148 valence electrons. The van der Waals surface area contributed by atoms with Gasteiger partial charge in [-0.2, -0.15) is 25.3 Å². The predicted octanol–water partition coefficient (Wildman–Crippen LogP) is 0.791. The van der Waals surface area contributed by atoms with Crippen LogP contribution in [0.3, 0.4) is 0 Å². The van der Waals surface area contributed by atoms with Gasteiger partial charge in [0.05, 0.1) is 7.11 Å². The molecule has 0 bridgehead atoms. The molecule has 1 N–H and O–H groups in total. The SMILES string of the molecule is COC(=O)C1CC(CS)(CS)C(C(=O)O)N1C(=O)CC(=O)OC(C)(C)C. The number of aliphatic carboxylic acids is 1. The third-order valence-electron chi connectivity index (χ3n) is 4.13. The van der Waals surface area contributed by atoms with Gasteiger partial charge in [0.15, 0.2) is 0 Å². The Labute approximate surface area is 163 Å². The van der Waals surface area contributed by atoms with Crippen LogP contribution in [0.4, 0.5) is 0 Å². The van der Waals surface area contributed by atoms with E-state index in [0.717, 1.165) is 12.0 Å². The summed E-state index contributed by atoms with van der Waals surface area (Å²) in [6.07, 6.45) is -0.645. The normalized spacial score (nSPS) is 22.0. The number of ether oxygens (including phenoxy) is 2. The van der Waals surface area contributed by atoms with Crippen molar-refractivity contribution in [1.82, 2.24) is 4.90 Å². The summed E-state index contributed by atoms with van der Waals surface area (Å²) < 4.78 is 9.83. The van der Waals surface area contributed by atoms with Crippen molar-refractivity contribution in [3.05, 3.63) is 0 Å². The summed E-state index contributed by atoms with van der Waals surface area (Å²) >= 11 is 8.43. The summed E-state index contributed by atoms with van der Waals surface area (Å²) in [6, 6.07) is -2.48. The second kappa shape index (κ2) is 8.51. The van der Waals surface area contributed by atoms with Crippen molar-refractivity contribution in [1.29, 1.82) is 0 Å². The Kier molecular flexibility index (Phi) is 7.41. The number of rotatable bonds is 6. The minimum absolute atomic E-state index is 0.0314. The van der Waals surface area contributed by atoms with Crippen LogP contribution in [0.5, 0.6) is 0 Å². The predicted molar refractivity (Wildman–Crippen MR) is 99.3 cm³/mol. The van der Waals surface area contributed by atoms with E-state index in [1.807, 2.05) is 0 Å². The molecule has 0 saturated carbocycles. The molecule has 0 aromatic rings. The molecule has 2 unspecified atom stereocenters. The third-order valence-corrected chi connectivity index (χ3v) is 5.39. The van der Waals surface area contributed by atoms with E-state index >= 15 is 0 Å². The van der Waals surface area contributed by atoms with E-state index in [1.165, 1.54) is 0 Å². The van der Waals surface area contributed by atoms with E-state index in [0.29, 0.717) is 0 Å². The lowest BCUT2D eigenvalue weighted by atomic mass is 9.83. The van der Waals surface area contributed by atoms with Crippen LogP contribution >= 0.6 is 25.3 Å². The average molecular weight is 408 g/mol. The van der Waals surface area contributed by atoms with E-state index in [1.54, 1.807) is 20.8 Å². The average Bonchev–Trinajstić information content (AvgIpc) is 2.88. The first kappa shape index (κ1) is 22.6. The van der Waals surface area contributed by atoms with Gasteiger partial charge in [-0.3, -0.25) is 9.59 Å². The summed E-state index contributed by atoms with van der Waals surface area (Å²) in [4.78, 5) is 49.7. The van der Waals surface area contributed by atoms with Gasteiger partial charge < -0.3 is 19.5 Å². The van der Waals surface area contributed by atoms with Gasteiger partial charge in [-0.05, 0) is 38.7 Å². The number of carbonyl (C=O) groups excluding carboxylic acids is 3. The molecule has 0 aromatic heterocycles. The van der Waals surface area contributed by atoms with Gasteiger partial charge in [0.1, 0.15) is 24.1 Å². The Bertz CT molecular complexity index is 584. The maximum absolute atomic E-state index is 12.7. The van der Waals surface area contributed by atoms with Gasteiger partial charge in [0.2, 0.25) is 5.91 Å². The van der Waals surface area contributed by atoms with E-state index in [2.05, 4.69) is 25.3 Å². The number of hydrogen-bond acceptors (Lipinski definition) is 8. The third kappa shape index (κ3) is 4.85. The van der Waals surface area contributed by atoms with Gasteiger partial charge in [-0.15, -0.1) is 0 Å². The molecule has 1 aliphatic rings. The standard InChI is InChI=1S/C16H25NO7S2/c1-15(2,3)24-11(19)5-10(18)17-9(14(22)23-4)6-16(7-25,8-26)12(17)13(20)21/h9,12,25-26H,5-8H2,1-4H3,(H,20,21). The second-order valence-corrected chi connectivity index (χ2v) is 7.86. The molecule has 1 fully saturated rings. The number of hydrogen-bond donors (Lipinski definition) is 3. The van der Waals surface area contributed by atoms with Crippen LogP contribution < -0.4 is 0 Å². The zero-order chi connectivity index (χ0) is 20.3. The lowest BCUT2D eigenvalue weighted by Gasteiger charge is -2.33. The van der Waals surface area contributed by atoms with Crippen molar-refractivity contribution in [2.45, 2.75) is 51.3 Å². The van der Waals surface area contributed by atoms with E-state index < -0.39 is 53.3 Å². The fraction of sp³-hybridized carbons (Fsp3) is 0.750. The molecule has 8 nitrogen and oxygen atoms in total. The van der Waals surface area contributed by atoms with Crippen LogP contribution in [-0.2, 0) is 28.7 Å². The van der Waals surface area contributed by atoms with Crippen molar-refractivity contribution in [2.75, 3.05) is 18.6 Å². The zero-order valence-corrected chi connectivity index (χ0v) is 17.0. The molecule has 1 rings (SSSR count). The highest BCUT2D eigenvalue weighted by molar-refractivity contribution is 7.81. The molecule has 1 aliphatic heterocycles. The summed E-state index contributed by atoms with van der Waals surface area (Å²) in [5, 5.41) is 9.69. The van der Waals surface area contributed by atoms with Crippen LogP contribution in [-0.4, -0.2) is 70.1 Å².